The molecule has 6 heteroatoms. The maximum absolute atomic E-state index is 5.49. The molecule has 3 aromatic rings. The highest BCUT2D eigenvalue weighted by Gasteiger charge is 2.21. The zero-order valence-electron chi connectivity index (χ0n) is 15.8. The van der Waals surface area contributed by atoms with E-state index in [1.165, 1.54) is 0 Å². The van der Waals surface area contributed by atoms with Crippen LogP contribution in [0.15, 0.2) is 53.1 Å². The van der Waals surface area contributed by atoms with Gasteiger partial charge in [-0.1, -0.05) is 41.6 Å². The Kier molecular flexibility index (Phi) is 5.07. The first-order valence-electron chi connectivity index (χ1n) is 9.23. The Bertz CT molecular complexity index is 900. The molecular formula is C21H24N4O2. The minimum Gasteiger partial charge on any atom is -0.495 e. The first-order valence-corrected chi connectivity index (χ1v) is 9.23. The molecule has 140 valence electrons. The Morgan fingerprint density at radius 3 is 2.52 bits per heavy atom. The third-order valence-corrected chi connectivity index (χ3v) is 5.01. The van der Waals surface area contributed by atoms with Gasteiger partial charge in [-0.05, 0) is 24.6 Å². The quantitative estimate of drug-likeness (QED) is 0.692. The molecule has 2 heterocycles. The lowest BCUT2D eigenvalue weighted by molar-refractivity contribution is 0.215. The molecule has 0 bridgehead atoms. The van der Waals surface area contributed by atoms with Crippen LogP contribution in [0, 0.1) is 6.92 Å². The zero-order valence-corrected chi connectivity index (χ0v) is 15.8. The summed E-state index contributed by atoms with van der Waals surface area (Å²) in [7, 11) is 1.72. The van der Waals surface area contributed by atoms with Crippen LogP contribution in [0.4, 0.5) is 5.69 Å². The van der Waals surface area contributed by atoms with Crippen molar-refractivity contribution in [2.45, 2.75) is 13.5 Å². The molecule has 0 unspecified atom stereocenters. The van der Waals surface area contributed by atoms with Crippen LogP contribution in [0.5, 0.6) is 5.75 Å². The minimum atomic E-state index is 0.663. The lowest BCUT2D eigenvalue weighted by atomic mass is 10.1. The molecule has 0 spiro atoms. The average molecular weight is 364 g/mol. The Balaban J connectivity index is 1.38. The van der Waals surface area contributed by atoms with Gasteiger partial charge in [0.25, 0.3) is 0 Å². The molecule has 0 atom stereocenters. The smallest absolute Gasteiger partial charge is 0.241 e. The second-order valence-corrected chi connectivity index (χ2v) is 6.76. The van der Waals surface area contributed by atoms with E-state index in [0.717, 1.165) is 48.7 Å². The van der Waals surface area contributed by atoms with Gasteiger partial charge in [0.2, 0.25) is 11.7 Å². The van der Waals surface area contributed by atoms with Crippen molar-refractivity contribution in [1.82, 2.24) is 15.0 Å². The molecule has 1 fully saturated rings. The fourth-order valence-electron chi connectivity index (χ4n) is 3.48. The number of hydrogen-bond acceptors (Lipinski definition) is 6. The summed E-state index contributed by atoms with van der Waals surface area (Å²) in [5.41, 5.74) is 3.32. The van der Waals surface area contributed by atoms with E-state index in [1.54, 1.807) is 7.11 Å². The van der Waals surface area contributed by atoms with Gasteiger partial charge >= 0.3 is 0 Å². The molecule has 0 saturated carbocycles. The van der Waals surface area contributed by atoms with E-state index in [-0.39, 0.29) is 0 Å². The maximum Gasteiger partial charge on any atom is 0.241 e. The number of methoxy groups -OCH3 is 1. The van der Waals surface area contributed by atoms with Crippen LogP contribution in [0.2, 0.25) is 0 Å². The van der Waals surface area contributed by atoms with Crippen LogP contribution in [0.3, 0.4) is 0 Å². The molecule has 0 N–H and O–H groups in total. The van der Waals surface area contributed by atoms with Gasteiger partial charge in [-0.2, -0.15) is 4.98 Å². The Labute approximate surface area is 159 Å². The maximum atomic E-state index is 5.49. The summed E-state index contributed by atoms with van der Waals surface area (Å²) in [4.78, 5) is 9.30. The van der Waals surface area contributed by atoms with Crippen LogP contribution in [0.25, 0.3) is 11.4 Å². The monoisotopic (exact) mass is 364 g/mol. The van der Waals surface area contributed by atoms with Gasteiger partial charge in [-0.3, -0.25) is 4.90 Å². The van der Waals surface area contributed by atoms with Crippen molar-refractivity contribution < 1.29 is 9.26 Å². The third kappa shape index (κ3) is 3.80. The van der Waals surface area contributed by atoms with E-state index < -0.39 is 0 Å². The Hall–Kier alpha value is -2.86. The molecule has 0 radical (unpaired) electrons. The molecule has 2 aromatic carbocycles. The van der Waals surface area contributed by atoms with Crippen molar-refractivity contribution in [3.63, 3.8) is 0 Å². The lowest BCUT2D eigenvalue weighted by Gasteiger charge is -2.35. The van der Waals surface area contributed by atoms with Crippen LogP contribution < -0.4 is 9.64 Å². The first-order chi connectivity index (χ1) is 13.2. The topological polar surface area (TPSA) is 54.6 Å². The minimum absolute atomic E-state index is 0.663. The lowest BCUT2D eigenvalue weighted by Crippen LogP contribution is -2.46. The van der Waals surface area contributed by atoms with Crippen molar-refractivity contribution in [3.8, 4) is 17.1 Å². The molecule has 1 aromatic heterocycles. The van der Waals surface area contributed by atoms with E-state index in [2.05, 4.69) is 45.1 Å². The van der Waals surface area contributed by atoms with Crippen molar-refractivity contribution in [2.24, 2.45) is 0 Å². The van der Waals surface area contributed by atoms with Crippen LogP contribution in [-0.2, 0) is 6.54 Å². The standard InChI is InChI=1S/C21H24N4O2/c1-16-7-3-4-8-17(16)21-22-20(27-23-21)15-24-11-13-25(14-12-24)18-9-5-6-10-19(18)26-2/h3-10H,11-15H2,1-2H3. The van der Waals surface area contributed by atoms with Gasteiger partial charge in [0.15, 0.2) is 0 Å². The average Bonchev–Trinajstić information content (AvgIpc) is 3.17. The van der Waals surface area contributed by atoms with E-state index in [1.807, 2.05) is 30.3 Å². The molecule has 4 rings (SSSR count). The number of hydrogen-bond donors (Lipinski definition) is 0. The van der Waals surface area contributed by atoms with Crippen LogP contribution in [0.1, 0.15) is 11.5 Å². The van der Waals surface area contributed by atoms with Crippen molar-refractivity contribution in [3.05, 3.63) is 60.0 Å². The number of piperazine rings is 1. The summed E-state index contributed by atoms with van der Waals surface area (Å²) < 4.78 is 11.0. The number of rotatable bonds is 5. The molecule has 0 amide bonds. The fraction of sp³-hybridized carbons (Fsp3) is 0.333. The Morgan fingerprint density at radius 2 is 1.74 bits per heavy atom. The molecule has 6 nitrogen and oxygen atoms in total. The van der Waals surface area contributed by atoms with E-state index in [0.29, 0.717) is 18.3 Å². The van der Waals surface area contributed by atoms with E-state index in [9.17, 15) is 0 Å². The predicted octanol–water partition coefficient (Wildman–Crippen LogP) is 3.38. The molecule has 27 heavy (non-hydrogen) atoms. The van der Waals surface area contributed by atoms with Crippen LogP contribution >= 0.6 is 0 Å². The number of benzene rings is 2. The number of nitrogens with zero attached hydrogens (tertiary/aromatic N) is 4. The molecular weight excluding hydrogens is 340 g/mol. The zero-order chi connectivity index (χ0) is 18.6. The van der Waals surface area contributed by atoms with Crippen molar-refractivity contribution >= 4 is 5.69 Å². The summed E-state index contributed by atoms with van der Waals surface area (Å²) in [6, 6.07) is 16.3. The second-order valence-electron chi connectivity index (χ2n) is 6.76. The van der Waals surface area contributed by atoms with Gasteiger partial charge in [0.05, 0.1) is 19.3 Å². The van der Waals surface area contributed by atoms with Crippen molar-refractivity contribution in [1.29, 1.82) is 0 Å². The number of aromatic nitrogens is 2. The largest absolute Gasteiger partial charge is 0.495 e. The molecule has 1 saturated heterocycles. The predicted molar refractivity (Wildman–Crippen MR) is 105 cm³/mol. The van der Waals surface area contributed by atoms with Gasteiger partial charge in [0, 0.05) is 31.7 Å². The fourth-order valence-corrected chi connectivity index (χ4v) is 3.48. The highest BCUT2D eigenvalue weighted by Crippen LogP contribution is 2.28. The molecule has 0 aliphatic carbocycles. The highest BCUT2D eigenvalue weighted by atomic mass is 16.5. The summed E-state index contributed by atoms with van der Waals surface area (Å²) in [6.07, 6.45) is 0. The van der Waals surface area contributed by atoms with Crippen LogP contribution in [-0.4, -0.2) is 48.3 Å². The van der Waals surface area contributed by atoms with E-state index in [4.69, 9.17) is 9.26 Å². The Morgan fingerprint density at radius 1 is 1.00 bits per heavy atom. The van der Waals surface area contributed by atoms with Gasteiger partial charge < -0.3 is 14.2 Å². The molecule has 1 aliphatic heterocycles. The number of ether oxygens (including phenoxy) is 1. The number of aryl methyl sites for hydroxylation is 1. The summed E-state index contributed by atoms with van der Waals surface area (Å²) in [5, 5.41) is 4.16. The van der Waals surface area contributed by atoms with Gasteiger partial charge in [-0.25, -0.2) is 0 Å². The highest BCUT2D eigenvalue weighted by molar-refractivity contribution is 5.59. The SMILES string of the molecule is COc1ccccc1N1CCN(Cc2nc(-c3ccccc3C)no2)CC1. The van der Waals surface area contributed by atoms with E-state index >= 15 is 0 Å². The third-order valence-electron chi connectivity index (χ3n) is 5.01. The second kappa shape index (κ2) is 7.80. The normalized spacial score (nSPS) is 15.1. The van der Waals surface area contributed by atoms with Crippen molar-refractivity contribution in [2.75, 3.05) is 38.2 Å². The number of anilines is 1. The number of para-hydroxylation sites is 2. The van der Waals surface area contributed by atoms with Gasteiger partial charge in [-0.15, -0.1) is 0 Å². The first kappa shape index (κ1) is 17.5. The summed E-state index contributed by atoms with van der Waals surface area (Å²) in [5.74, 6) is 2.25. The summed E-state index contributed by atoms with van der Waals surface area (Å²) in [6.45, 7) is 6.51. The molecule has 1 aliphatic rings. The van der Waals surface area contributed by atoms with Gasteiger partial charge in [0.1, 0.15) is 5.75 Å². The summed E-state index contributed by atoms with van der Waals surface area (Å²) >= 11 is 0.